The summed E-state index contributed by atoms with van der Waals surface area (Å²) in [5.74, 6) is -0.553. The van der Waals surface area contributed by atoms with Gasteiger partial charge in [-0.1, -0.05) is 0 Å². The van der Waals surface area contributed by atoms with E-state index in [2.05, 4.69) is 9.72 Å². The summed E-state index contributed by atoms with van der Waals surface area (Å²) >= 11 is 0. The molecule has 0 aromatic carbocycles. The number of carbonyl (C=O) groups excluding carboxylic acids is 1. The fourth-order valence-electron chi connectivity index (χ4n) is 0.742. The van der Waals surface area contributed by atoms with Gasteiger partial charge in [0.1, 0.15) is 0 Å². The molecule has 0 aliphatic rings. The smallest absolute Gasteiger partial charge is 0.278 e. The lowest BCUT2D eigenvalue weighted by molar-refractivity contribution is -0.0255. The average Bonchev–Trinajstić information content (AvgIpc) is 2.19. The Morgan fingerprint density at radius 1 is 1.77 bits per heavy atom. The molecule has 13 heavy (non-hydrogen) atoms. The molecule has 1 atom stereocenters. The Hall–Kier alpha value is -1.49. The summed E-state index contributed by atoms with van der Waals surface area (Å²) in [6.07, 6.45) is 2.87. The van der Waals surface area contributed by atoms with E-state index < -0.39 is 12.4 Å². The van der Waals surface area contributed by atoms with Crippen LogP contribution in [-0.2, 0) is 4.74 Å². The maximum atomic E-state index is 12.5. The second-order valence-corrected chi connectivity index (χ2v) is 2.27. The van der Waals surface area contributed by atoms with E-state index in [1.807, 2.05) is 5.32 Å². The number of methoxy groups -OCH3 is 1. The summed E-state index contributed by atoms with van der Waals surface area (Å²) < 4.78 is 16.7. The van der Waals surface area contributed by atoms with Gasteiger partial charge < -0.3 is 4.74 Å². The fourth-order valence-corrected chi connectivity index (χ4v) is 0.742. The summed E-state index contributed by atoms with van der Waals surface area (Å²) in [7, 11) is 1.16. The highest BCUT2D eigenvalue weighted by Crippen LogP contribution is 1.96. The van der Waals surface area contributed by atoms with Gasteiger partial charge in [-0.05, 0) is 12.1 Å². The van der Waals surface area contributed by atoms with E-state index in [4.69, 9.17) is 0 Å². The number of aromatic nitrogens is 1. The van der Waals surface area contributed by atoms with Gasteiger partial charge in [0.2, 0.25) is 0 Å². The van der Waals surface area contributed by atoms with E-state index in [0.717, 1.165) is 7.11 Å². The predicted molar refractivity (Wildman–Crippen MR) is 43.6 cm³/mol. The van der Waals surface area contributed by atoms with Crippen molar-refractivity contribution in [1.29, 1.82) is 0 Å². The maximum Gasteiger partial charge on any atom is 0.278 e. The number of nitrogens with zero attached hydrogens (tertiary/aromatic N) is 1. The number of pyridine rings is 1. The molecule has 1 rings (SSSR count). The van der Waals surface area contributed by atoms with Gasteiger partial charge in [-0.3, -0.25) is 15.1 Å². The standard InChI is InChI=1S/C8H9FN2O2/c1-13-8(9)11-7(12)6-3-2-4-10-5-6/h2-5,8H,1H3,(H,11,12). The van der Waals surface area contributed by atoms with Gasteiger partial charge in [-0.15, -0.1) is 0 Å². The Balaban J connectivity index is 2.59. The first-order valence-corrected chi connectivity index (χ1v) is 3.62. The molecule has 4 nitrogen and oxygen atoms in total. The zero-order valence-electron chi connectivity index (χ0n) is 7.03. The number of ether oxygens (including phenoxy) is 1. The second-order valence-electron chi connectivity index (χ2n) is 2.27. The molecule has 0 radical (unpaired) electrons. The van der Waals surface area contributed by atoms with E-state index in [1.54, 1.807) is 6.07 Å². The molecule has 1 heterocycles. The largest absolute Gasteiger partial charge is 0.335 e. The van der Waals surface area contributed by atoms with Crippen LogP contribution in [0.2, 0.25) is 0 Å². The van der Waals surface area contributed by atoms with E-state index in [9.17, 15) is 9.18 Å². The Bertz CT molecular complexity index is 279. The Morgan fingerprint density at radius 3 is 3.08 bits per heavy atom. The number of alkyl halides is 1. The van der Waals surface area contributed by atoms with Crippen molar-refractivity contribution in [2.45, 2.75) is 6.48 Å². The van der Waals surface area contributed by atoms with Crippen molar-refractivity contribution >= 4 is 5.91 Å². The van der Waals surface area contributed by atoms with Crippen molar-refractivity contribution in [3.63, 3.8) is 0 Å². The van der Waals surface area contributed by atoms with Crippen molar-refractivity contribution in [3.8, 4) is 0 Å². The van der Waals surface area contributed by atoms with Crippen LogP contribution >= 0.6 is 0 Å². The lowest BCUT2D eigenvalue weighted by Crippen LogP contribution is -2.32. The molecule has 70 valence electrons. The molecular weight excluding hydrogens is 175 g/mol. The zero-order valence-corrected chi connectivity index (χ0v) is 7.03. The number of hydrogen-bond donors (Lipinski definition) is 1. The minimum atomic E-state index is -1.78. The van der Waals surface area contributed by atoms with Gasteiger partial charge in [0.15, 0.2) is 0 Å². The first-order valence-electron chi connectivity index (χ1n) is 3.62. The Labute approximate surface area is 74.7 Å². The number of carbonyl (C=O) groups is 1. The Morgan fingerprint density at radius 2 is 2.54 bits per heavy atom. The van der Waals surface area contributed by atoms with Crippen LogP contribution in [0.3, 0.4) is 0 Å². The van der Waals surface area contributed by atoms with Crippen LogP contribution in [0.1, 0.15) is 10.4 Å². The molecule has 0 fully saturated rings. The normalized spacial score (nSPS) is 12.2. The van der Waals surface area contributed by atoms with E-state index in [-0.39, 0.29) is 0 Å². The monoisotopic (exact) mass is 184 g/mol. The zero-order chi connectivity index (χ0) is 9.68. The molecule has 0 aliphatic heterocycles. The third-order valence-corrected chi connectivity index (χ3v) is 1.38. The summed E-state index contributed by atoms with van der Waals surface area (Å²) in [6, 6.07) is 3.12. The highest BCUT2D eigenvalue weighted by Gasteiger charge is 2.10. The van der Waals surface area contributed by atoms with Crippen molar-refractivity contribution in [3.05, 3.63) is 30.1 Å². The second kappa shape index (κ2) is 4.51. The number of nitrogens with one attached hydrogen (secondary N) is 1. The predicted octanol–water partition coefficient (Wildman–Crippen LogP) is 0.711. The molecule has 5 heteroatoms. The van der Waals surface area contributed by atoms with Gasteiger partial charge in [0, 0.05) is 19.5 Å². The number of rotatable bonds is 3. The molecule has 0 aliphatic carbocycles. The summed E-state index contributed by atoms with van der Waals surface area (Å²) in [4.78, 5) is 14.9. The number of halogens is 1. The van der Waals surface area contributed by atoms with Crippen molar-refractivity contribution < 1.29 is 13.9 Å². The molecule has 1 amide bonds. The minimum Gasteiger partial charge on any atom is -0.335 e. The van der Waals surface area contributed by atoms with Gasteiger partial charge in [0.05, 0.1) is 5.56 Å². The van der Waals surface area contributed by atoms with E-state index in [1.165, 1.54) is 18.5 Å². The highest BCUT2D eigenvalue weighted by atomic mass is 19.1. The lowest BCUT2D eigenvalue weighted by Gasteiger charge is -2.07. The summed E-state index contributed by atoms with van der Waals surface area (Å²) in [6.45, 7) is -1.78. The van der Waals surface area contributed by atoms with Gasteiger partial charge in [-0.2, -0.15) is 4.39 Å². The van der Waals surface area contributed by atoms with Gasteiger partial charge >= 0.3 is 0 Å². The fraction of sp³-hybridized carbons (Fsp3) is 0.250. The topological polar surface area (TPSA) is 51.2 Å². The molecule has 1 N–H and O–H groups in total. The highest BCUT2D eigenvalue weighted by molar-refractivity contribution is 5.93. The van der Waals surface area contributed by atoms with E-state index >= 15 is 0 Å². The molecule has 1 aromatic heterocycles. The number of amides is 1. The molecule has 0 bridgehead atoms. The van der Waals surface area contributed by atoms with Crippen LogP contribution in [0, 0.1) is 0 Å². The minimum absolute atomic E-state index is 0.294. The van der Waals surface area contributed by atoms with Crippen LogP contribution < -0.4 is 5.32 Å². The van der Waals surface area contributed by atoms with Crippen molar-refractivity contribution in [1.82, 2.24) is 10.3 Å². The first kappa shape index (κ1) is 9.60. The van der Waals surface area contributed by atoms with Crippen LogP contribution in [0.4, 0.5) is 4.39 Å². The van der Waals surface area contributed by atoms with Crippen LogP contribution in [0.5, 0.6) is 0 Å². The SMILES string of the molecule is COC(F)NC(=O)c1cccnc1. The Kier molecular flexibility index (Phi) is 3.33. The molecule has 1 unspecified atom stereocenters. The van der Waals surface area contributed by atoms with Gasteiger partial charge in [0.25, 0.3) is 12.4 Å². The lowest BCUT2D eigenvalue weighted by atomic mass is 10.3. The van der Waals surface area contributed by atoms with Crippen LogP contribution in [0.15, 0.2) is 24.5 Å². The van der Waals surface area contributed by atoms with E-state index in [0.29, 0.717) is 5.56 Å². The number of hydrogen-bond acceptors (Lipinski definition) is 3. The van der Waals surface area contributed by atoms with Gasteiger partial charge in [-0.25, -0.2) is 0 Å². The third kappa shape index (κ3) is 2.79. The van der Waals surface area contributed by atoms with Crippen molar-refractivity contribution in [2.75, 3.05) is 7.11 Å². The summed E-state index contributed by atoms with van der Waals surface area (Å²) in [5.41, 5.74) is 0.294. The average molecular weight is 184 g/mol. The molecule has 0 saturated carbocycles. The first-order chi connectivity index (χ1) is 6.24. The van der Waals surface area contributed by atoms with Crippen molar-refractivity contribution in [2.24, 2.45) is 0 Å². The molecule has 0 saturated heterocycles. The molecular formula is C8H9FN2O2. The maximum absolute atomic E-state index is 12.5. The van der Waals surface area contributed by atoms with Crippen LogP contribution in [-0.4, -0.2) is 24.5 Å². The van der Waals surface area contributed by atoms with Crippen LogP contribution in [0.25, 0.3) is 0 Å². The third-order valence-electron chi connectivity index (χ3n) is 1.38. The summed E-state index contributed by atoms with van der Waals surface area (Å²) in [5, 5.41) is 1.98. The quantitative estimate of drug-likeness (QED) is 0.556. The molecule has 1 aromatic rings. The molecule has 0 spiro atoms.